The third-order valence-corrected chi connectivity index (χ3v) is 12.8. The first-order valence-electron chi connectivity index (χ1n) is 14.7. The van der Waals surface area contributed by atoms with Crippen molar-refractivity contribution >= 4 is 37.1 Å². The maximum absolute atomic E-state index is 3.96. The minimum absolute atomic E-state index is 0.410. The fraction of sp³-hybridized carbons (Fsp3) is 0.333. The fourth-order valence-corrected chi connectivity index (χ4v) is 10.5. The molecule has 0 aliphatic carbocycles. The van der Waals surface area contributed by atoms with Crippen LogP contribution in [0.4, 0.5) is 0 Å². The number of hydrogen-bond acceptors (Lipinski definition) is 2. The Balaban J connectivity index is 1.39. The Morgan fingerprint density at radius 2 is 0.675 bits per heavy atom. The molecular weight excluding hydrogens is 522 g/mol. The lowest BCUT2D eigenvalue weighted by Crippen LogP contribution is -2.45. The second-order valence-electron chi connectivity index (χ2n) is 11.2. The molecule has 0 spiro atoms. The molecule has 4 aromatic carbocycles. The van der Waals surface area contributed by atoms with E-state index in [1.165, 1.54) is 21.2 Å². The third-order valence-electron chi connectivity index (χ3n) is 7.58. The molecule has 2 N–H and O–H groups in total. The van der Waals surface area contributed by atoms with Crippen molar-refractivity contribution in [1.29, 1.82) is 0 Å². The summed E-state index contributed by atoms with van der Waals surface area (Å²) in [6.45, 7) is 11.4. The van der Waals surface area contributed by atoms with Gasteiger partial charge in [-0.05, 0) is 61.2 Å². The summed E-state index contributed by atoms with van der Waals surface area (Å²) in [4.78, 5) is 0. The zero-order valence-corrected chi connectivity index (χ0v) is 26.4. The molecule has 0 heterocycles. The van der Waals surface area contributed by atoms with Gasteiger partial charge in [0.25, 0.3) is 0 Å². The van der Waals surface area contributed by atoms with Gasteiger partial charge in [0, 0.05) is 25.2 Å². The summed E-state index contributed by atoms with van der Waals surface area (Å²) in [5.41, 5.74) is 0. The summed E-state index contributed by atoms with van der Waals surface area (Å²) >= 11 is 0. The van der Waals surface area contributed by atoms with E-state index in [-0.39, 0.29) is 0 Å². The van der Waals surface area contributed by atoms with Crippen LogP contribution in [0.2, 0.25) is 0 Å². The predicted octanol–water partition coefficient (Wildman–Crippen LogP) is 6.48. The van der Waals surface area contributed by atoms with Gasteiger partial charge in [0.2, 0.25) is 0 Å². The molecule has 0 unspecified atom stereocenters. The van der Waals surface area contributed by atoms with Crippen LogP contribution in [0.3, 0.4) is 0 Å². The maximum atomic E-state index is 3.96. The van der Waals surface area contributed by atoms with Crippen LogP contribution < -0.4 is 31.9 Å². The highest BCUT2D eigenvalue weighted by Crippen LogP contribution is 2.36. The SMILES string of the molecule is CC(C)[C@@H](CP(c1ccccc1)c1ccccc1)NCCN[C@H](CP(c1ccccc1)c1ccccc1)C(C)C. The van der Waals surface area contributed by atoms with Gasteiger partial charge >= 0.3 is 0 Å². The first kappa shape index (κ1) is 30.6. The van der Waals surface area contributed by atoms with E-state index in [9.17, 15) is 0 Å². The average molecular weight is 569 g/mol. The molecule has 0 fully saturated rings. The molecule has 0 aromatic heterocycles. The lowest BCUT2D eigenvalue weighted by Gasteiger charge is -2.30. The Morgan fingerprint density at radius 3 is 0.900 bits per heavy atom. The van der Waals surface area contributed by atoms with E-state index < -0.39 is 15.8 Å². The lowest BCUT2D eigenvalue weighted by atomic mass is 10.1. The normalized spacial score (nSPS) is 13.3. The molecular formula is C36H46N2P2. The van der Waals surface area contributed by atoms with Crippen LogP contribution in [0.5, 0.6) is 0 Å². The zero-order valence-electron chi connectivity index (χ0n) is 24.6. The molecule has 40 heavy (non-hydrogen) atoms. The highest BCUT2D eigenvalue weighted by Gasteiger charge is 2.23. The van der Waals surface area contributed by atoms with E-state index in [0.717, 1.165) is 25.4 Å². The highest BCUT2D eigenvalue weighted by molar-refractivity contribution is 7.73. The number of benzene rings is 4. The number of nitrogens with one attached hydrogen (secondary N) is 2. The quantitative estimate of drug-likeness (QED) is 0.127. The largest absolute Gasteiger partial charge is 0.312 e. The van der Waals surface area contributed by atoms with E-state index >= 15 is 0 Å². The van der Waals surface area contributed by atoms with E-state index in [4.69, 9.17) is 0 Å². The third kappa shape index (κ3) is 9.09. The molecule has 210 valence electrons. The Bertz CT molecular complexity index is 1040. The topological polar surface area (TPSA) is 24.1 Å². The Kier molecular flexibility index (Phi) is 12.4. The van der Waals surface area contributed by atoms with Gasteiger partial charge < -0.3 is 10.6 Å². The highest BCUT2D eigenvalue weighted by atomic mass is 31.1. The monoisotopic (exact) mass is 568 g/mol. The van der Waals surface area contributed by atoms with Crippen LogP contribution in [0.15, 0.2) is 121 Å². The van der Waals surface area contributed by atoms with Gasteiger partial charge in [-0.2, -0.15) is 0 Å². The van der Waals surface area contributed by atoms with Crippen molar-refractivity contribution in [2.24, 2.45) is 11.8 Å². The van der Waals surface area contributed by atoms with Crippen LogP contribution in [0.25, 0.3) is 0 Å². The van der Waals surface area contributed by atoms with E-state index in [1.807, 2.05) is 0 Å². The summed E-state index contributed by atoms with van der Waals surface area (Å²) in [5, 5.41) is 13.8. The number of hydrogen-bond donors (Lipinski definition) is 2. The van der Waals surface area contributed by atoms with Crippen molar-refractivity contribution in [3.8, 4) is 0 Å². The van der Waals surface area contributed by atoms with E-state index in [2.05, 4.69) is 160 Å². The molecule has 0 radical (unpaired) electrons. The first-order valence-corrected chi connectivity index (χ1v) is 17.8. The van der Waals surface area contributed by atoms with Gasteiger partial charge in [-0.1, -0.05) is 149 Å². The molecule has 0 saturated heterocycles. The zero-order chi connectivity index (χ0) is 28.2. The second kappa shape index (κ2) is 16.2. The van der Waals surface area contributed by atoms with Crippen molar-refractivity contribution in [3.05, 3.63) is 121 Å². The van der Waals surface area contributed by atoms with Crippen LogP contribution in [-0.4, -0.2) is 37.5 Å². The fourth-order valence-electron chi connectivity index (χ4n) is 5.08. The molecule has 0 bridgehead atoms. The summed E-state index contributed by atoms with van der Waals surface area (Å²) < 4.78 is 0. The first-order chi connectivity index (χ1) is 19.5. The van der Waals surface area contributed by atoms with Gasteiger partial charge in [-0.25, -0.2) is 0 Å². The van der Waals surface area contributed by atoms with Crippen molar-refractivity contribution in [1.82, 2.24) is 10.6 Å². The van der Waals surface area contributed by atoms with Crippen molar-refractivity contribution in [2.45, 2.75) is 39.8 Å². The summed E-state index contributed by atoms with van der Waals surface area (Å²) in [5.74, 6) is 1.14. The molecule has 2 nitrogen and oxygen atoms in total. The van der Waals surface area contributed by atoms with Crippen LogP contribution >= 0.6 is 15.8 Å². The average Bonchev–Trinajstić information content (AvgIpc) is 2.99. The molecule has 4 aromatic rings. The standard InChI is InChI=1S/C36H46N2P2/c1-29(2)35(27-39(31-17-9-5-10-18-31)32-19-11-6-12-20-32)37-25-26-38-36(30(3)4)28-40(33-21-13-7-14-22-33)34-23-15-8-16-24-34/h5-24,29-30,35-38H,25-28H2,1-4H3/t35-,36-/m1/s1. The second-order valence-corrected chi connectivity index (χ2v) is 15.7. The summed E-state index contributed by atoms with van der Waals surface area (Å²) in [6, 6.07) is 45.4. The van der Waals surface area contributed by atoms with E-state index in [0.29, 0.717) is 23.9 Å². The van der Waals surface area contributed by atoms with Crippen LogP contribution in [0, 0.1) is 11.8 Å². The van der Waals surface area contributed by atoms with Gasteiger partial charge in [-0.15, -0.1) is 0 Å². The van der Waals surface area contributed by atoms with Gasteiger partial charge in [0.15, 0.2) is 0 Å². The summed E-state index contributed by atoms with van der Waals surface area (Å²) in [7, 11) is -0.820. The van der Waals surface area contributed by atoms with Crippen LogP contribution in [0.1, 0.15) is 27.7 Å². The summed E-state index contributed by atoms with van der Waals surface area (Å²) in [6.07, 6.45) is 2.31. The molecule has 0 saturated carbocycles. The minimum atomic E-state index is -0.410. The van der Waals surface area contributed by atoms with Crippen molar-refractivity contribution in [3.63, 3.8) is 0 Å². The molecule has 0 aliphatic heterocycles. The molecule has 0 aliphatic rings. The number of rotatable bonds is 15. The van der Waals surface area contributed by atoms with Crippen LogP contribution in [-0.2, 0) is 0 Å². The van der Waals surface area contributed by atoms with Crippen molar-refractivity contribution in [2.75, 3.05) is 25.4 Å². The van der Waals surface area contributed by atoms with Gasteiger partial charge in [0.1, 0.15) is 0 Å². The lowest BCUT2D eigenvalue weighted by molar-refractivity contribution is 0.396. The molecule has 0 amide bonds. The minimum Gasteiger partial charge on any atom is -0.312 e. The van der Waals surface area contributed by atoms with Crippen molar-refractivity contribution < 1.29 is 0 Å². The maximum Gasteiger partial charge on any atom is 0.0136 e. The Hall–Kier alpha value is -2.34. The molecule has 4 heteroatoms. The molecule has 2 atom stereocenters. The Labute approximate surface area is 245 Å². The smallest absolute Gasteiger partial charge is 0.0136 e. The predicted molar refractivity (Wildman–Crippen MR) is 181 cm³/mol. The molecule has 4 rings (SSSR count). The Morgan fingerprint density at radius 1 is 0.425 bits per heavy atom. The van der Waals surface area contributed by atoms with E-state index in [1.54, 1.807) is 0 Å². The van der Waals surface area contributed by atoms with Gasteiger partial charge in [0.05, 0.1) is 0 Å². The van der Waals surface area contributed by atoms with Gasteiger partial charge in [-0.3, -0.25) is 0 Å².